The lowest BCUT2D eigenvalue weighted by Crippen LogP contribution is -2.22. The third-order valence-electron chi connectivity index (χ3n) is 4.31. The zero-order valence-electron chi connectivity index (χ0n) is 16.6. The van der Waals surface area contributed by atoms with Crippen molar-refractivity contribution in [3.8, 4) is 0 Å². The molecule has 0 radical (unpaired) electrons. The smallest absolute Gasteiger partial charge is 0.376 e. The molecule has 33 heavy (non-hydrogen) atoms. The van der Waals surface area contributed by atoms with Crippen LogP contribution in [0.4, 0.5) is 30.2 Å². The Morgan fingerprint density at radius 1 is 0.788 bits per heavy atom. The quantitative estimate of drug-likeness (QED) is 0.310. The van der Waals surface area contributed by atoms with Gasteiger partial charge in [-0.25, -0.2) is 0 Å². The number of benzene rings is 3. The fourth-order valence-electron chi connectivity index (χ4n) is 2.74. The van der Waals surface area contributed by atoms with Crippen molar-refractivity contribution in [2.45, 2.75) is 6.18 Å². The second kappa shape index (κ2) is 10.3. The first-order valence-corrected chi connectivity index (χ1v) is 10.4. The predicted octanol–water partition coefficient (Wildman–Crippen LogP) is 6.97. The lowest BCUT2D eigenvalue weighted by Gasteiger charge is -2.12. The summed E-state index contributed by atoms with van der Waals surface area (Å²) in [7, 11) is 0. The summed E-state index contributed by atoms with van der Waals surface area (Å²) in [5.41, 5.74) is 0.0504. The summed E-state index contributed by atoms with van der Waals surface area (Å²) in [4.78, 5) is 24.7. The minimum atomic E-state index is -4.52. The molecule has 0 atom stereocenters. The molecule has 0 saturated heterocycles. The molecule has 5 nitrogen and oxygen atoms in total. The van der Waals surface area contributed by atoms with Crippen LogP contribution in [-0.2, 0) is 11.0 Å². The van der Waals surface area contributed by atoms with Gasteiger partial charge in [0.2, 0.25) is 5.91 Å². The van der Waals surface area contributed by atoms with Crippen molar-refractivity contribution in [3.63, 3.8) is 0 Å². The number of nitrogens with one attached hydrogen (secondary N) is 3. The Hall–Kier alpha value is -2.94. The van der Waals surface area contributed by atoms with Gasteiger partial charge in [-0.1, -0.05) is 46.9 Å². The fourth-order valence-corrected chi connectivity index (χ4v) is 3.34. The molecular weight excluding hydrogens is 502 g/mol. The number of anilines is 3. The van der Waals surface area contributed by atoms with Crippen LogP contribution < -0.4 is 16.0 Å². The van der Waals surface area contributed by atoms with Crippen molar-refractivity contribution in [1.29, 1.82) is 0 Å². The number of amides is 2. The van der Waals surface area contributed by atoms with Crippen LogP contribution in [0.5, 0.6) is 0 Å². The van der Waals surface area contributed by atoms with Crippen LogP contribution in [0.25, 0.3) is 0 Å². The van der Waals surface area contributed by atoms with Gasteiger partial charge in [-0.3, -0.25) is 9.59 Å². The molecule has 0 heterocycles. The van der Waals surface area contributed by atoms with E-state index in [1.807, 2.05) is 0 Å². The third kappa shape index (κ3) is 6.77. The van der Waals surface area contributed by atoms with Crippen LogP contribution in [0.3, 0.4) is 0 Å². The molecular formula is C22H15Cl3F3N3O2. The number of halogens is 6. The van der Waals surface area contributed by atoms with Crippen LogP contribution in [0.2, 0.25) is 15.1 Å². The molecule has 3 rings (SSSR count). The Morgan fingerprint density at radius 3 is 2.18 bits per heavy atom. The summed E-state index contributed by atoms with van der Waals surface area (Å²) in [5, 5.41) is 8.56. The molecule has 0 spiro atoms. The molecule has 0 fully saturated rings. The van der Waals surface area contributed by atoms with Gasteiger partial charge in [0.25, 0.3) is 5.91 Å². The van der Waals surface area contributed by atoms with Gasteiger partial charge in [-0.15, -0.1) is 0 Å². The second-order valence-electron chi connectivity index (χ2n) is 6.76. The maximum absolute atomic E-state index is 12.9. The Bertz CT molecular complexity index is 1200. The number of carbonyl (C=O) groups is 2. The maximum Gasteiger partial charge on any atom is 0.416 e. The Labute approximate surface area is 201 Å². The van der Waals surface area contributed by atoms with E-state index in [0.29, 0.717) is 5.69 Å². The number of hydrogen-bond acceptors (Lipinski definition) is 3. The van der Waals surface area contributed by atoms with Gasteiger partial charge < -0.3 is 16.0 Å². The van der Waals surface area contributed by atoms with Crippen LogP contribution in [0.15, 0.2) is 60.7 Å². The molecule has 3 aromatic rings. The fraction of sp³-hybridized carbons (Fsp3) is 0.0909. The van der Waals surface area contributed by atoms with E-state index in [4.69, 9.17) is 34.8 Å². The summed E-state index contributed by atoms with van der Waals surface area (Å²) in [6.45, 7) is -0.157. The Balaban J connectivity index is 1.62. The largest absolute Gasteiger partial charge is 0.416 e. The molecule has 2 amide bonds. The van der Waals surface area contributed by atoms with E-state index in [-0.39, 0.29) is 38.6 Å². The summed E-state index contributed by atoms with van der Waals surface area (Å²) < 4.78 is 38.6. The minimum absolute atomic E-state index is 0.00562. The number of carbonyl (C=O) groups excluding carboxylic acids is 2. The molecule has 11 heteroatoms. The summed E-state index contributed by atoms with van der Waals surface area (Å²) in [5.74, 6) is -1.04. The normalized spacial score (nSPS) is 11.1. The zero-order valence-corrected chi connectivity index (χ0v) is 18.8. The molecule has 0 bridgehead atoms. The van der Waals surface area contributed by atoms with Crippen molar-refractivity contribution < 1.29 is 22.8 Å². The van der Waals surface area contributed by atoms with Crippen molar-refractivity contribution in [3.05, 3.63) is 86.9 Å². The Kier molecular flexibility index (Phi) is 7.73. The molecule has 3 aromatic carbocycles. The number of alkyl halides is 3. The van der Waals surface area contributed by atoms with Crippen molar-refractivity contribution in [1.82, 2.24) is 0 Å². The van der Waals surface area contributed by atoms with Gasteiger partial charge in [0, 0.05) is 16.9 Å². The summed E-state index contributed by atoms with van der Waals surface area (Å²) >= 11 is 17.8. The highest BCUT2D eigenvalue weighted by Crippen LogP contribution is 2.32. The number of hydrogen-bond donors (Lipinski definition) is 3. The molecule has 0 aromatic heterocycles. The monoisotopic (exact) mass is 515 g/mol. The summed E-state index contributed by atoms with van der Waals surface area (Å²) in [6, 6.07) is 13.3. The average molecular weight is 517 g/mol. The van der Waals surface area contributed by atoms with Crippen LogP contribution >= 0.6 is 34.8 Å². The third-order valence-corrected chi connectivity index (χ3v) is 5.34. The standard InChI is InChI=1S/C22H15Cl3F3N3O2/c23-16-9-18(25)19(10-17(16)24)31-20(32)11-29-14-5-1-3-12(7-14)21(33)30-15-6-2-4-13(8-15)22(26,27)28/h1-10,29H,11H2,(H,30,33)(H,31,32). The highest BCUT2D eigenvalue weighted by Gasteiger charge is 2.30. The van der Waals surface area contributed by atoms with E-state index in [1.54, 1.807) is 12.1 Å². The molecule has 0 aliphatic rings. The van der Waals surface area contributed by atoms with Crippen molar-refractivity contribution in [2.75, 3.05) is 22.5 Å². The highest BCUT2D eigenvalue weighted by molar-refractivity contribution is 6.44. The number of rotatable bonds is 6. The first-order valence-electron chi connectivity index (χ1n) is 9.30. The SMILES string of the molecule is O=C(CNc1cccc(C(=O)Nc2cccc(C(F)(F)F)c2)c1)Nc1cc(Cl)c(Cl)cc1Cl. The van der Waals surface area contributed by atoms with E-state index in [1.165, 1.54) is 36.4 Å². The molecule has 3 N–H and O–H groups in total. The molecule has 0 saturated carbocycles. The van der Waals surface area contributed by atoms with Gasteiger partial charge in [0.15, 0.2) is 0 Å². The van der Waals surface area contributed by atoms with Gasteiger partial charge in [0.05, 0.1) is 32.9 Å². The van der Waals surface area contributed by atoms with Crippen LogP contribution in [0, 0.1) is 0 Å². The molecule has 0 aliphatic carbocycles. The second-order valence-corrected chi connectivity index (χ2v) is 7.98. The van der Waals surface area contributed by atoms with Crippen LogP contribution in [-0.4, -0.2) is 18.4 Å². The lowest BCUT2D eigenvalue weighted by atomic mass is 10.1. The first kappa shape index (κ1) is 24.7. The first-order chi connectivity index (χ1) is 15.5. The zero-order chi connectivity index (χ0) is 24.2. The van der Waals surface area contributed by atoms with Crippen molar-refractivity contribution >= 4 is 63.7 Å². The molecule has 172 valence electrons. The lowest BCUT2D eigenvalue weighted by molar-refractivity contribution is -0.137. The predicted molar refractivity (Wildman–Crippen MR) is 124 cm³/mol. The van der Waals surface area contributed by atoms with E-state index < -0.39 is 23.6 Å². The van der Waals surface area contributed by atoms with Gasteiger partial charge in [0.1, 0.15) is 0 Å². The average Bonchev–Trinajstić information content (AvgIpc) is 2.76. The van der Waals surface area contributed by atoms with E-state index in [0.717, 1.165) is 12.1 Å². The van der Waals surface area contributed by atoms with Crippen LogP contribution in [0.1, 0.15) is 15.9 Å². The highest BCUT2D eigenvalue weighted by atomic mass is 35.5. The van der Waals surface area contributed by atoms with Gasteiger partial charge in [-0.2, -0.15) is 13.2 Å². The van der Waals surface area contributed by atoms with E-state index in [9.17, 15) is 22.8 Å². The van der Waals surface area contributed by atoms with Gasteiger partial charge in [-0.05, 0) is 48.5 Å². The Morgan fingerprint density at radius 2 is 1.45 bits per heavy atom. The van der Waals surface area contributed by atoms with Crippen molar-refractivity contribution in [2.24, 2.45) is 0 Å². The van der Waals surface area contributed by atoms with E-state index in [2.05, 4.69) is 16.0 Å². The van der Waals surface area contributed by atoms with E-state index >= 15 is 0 Å². The van der Waals surface area contributed by atoms with Gasteiger partial charge >= 0.3 is 6.18 Å². The summed E-state index contributed by atoms with van der Waals surface area (Å²) in [6.07, 6.45) is -4.52. The minimum Gasteiger partial charge on any atom is -0.376 e. The maximum atomic E-state index is 12.9. The molecule has 0 unspecified atom stereocenters. The topological polar surface area (TPSA) is 70.2 Å². The molecule has 0 aliphatic heterocycles.